The summed E-state index contributed by atoms with van der Waals surface area (Å²) in [7, 11) is -2.66. The van der Waals surface area contributed by atoms with Gasteiger partial charge >= 0.3 is 0 Å². The molecular weight excluding hydrogens is 407 g/mol. The number of methoxy groups -OCH3 is 1. The van der Waals surface area contributed by atoms with E-state index < -0.39 is 21.8 Å². The minimum Gasteiger partial charge on any atom is -0.495 e. The zero-order chi connectivity index (χ0) is 22.1. The molecule has 0 spiro atoms. The van der Waals surface area contributed by atoms with Crippen molar-refractivity contribution in [1.29, 1.82) is 0 Å². The maximum atomic E-state index is 13.7. The lowest BCUT2D eigenvalue weighted by molar-refractivity contribution is -0.120. The zero-order valence-corrected chi connectivity index (χ0v) is 18.5. The number of anilines is 1. The Labute approximate surface area is 177 Å². The van der Waals surface area contributed by atoms with Gasteiger partial charge in [0.15, 0.2) is 0 Å². The standard InChI is InChI=1S/C22H27FN2O4S/c1-14-10-15(2)21(16(3)11-14)24-22(26)17-6-5-9-25(13-17)30(27,28)20-12-18(23)7-8-19(20)29-4/h7-8,10-12,17H,5-6,9,13H2,1-4H3,(H,24,26). The highest BCUT2D eigenvalue weighted by Gasteiger charge is 2.35. The van der Waals surface area contributed by atoms with Crippen molar-refractivity contribution in [3.8, 4) is 5.75 Å². The van der Waals surface area contributed by atoms with Crippen LogP contribution in [0.25, 0.3) is 0 Å². The minimum atomic E-state index is -4.00. The lowest BCUT2D eigenvalue weighted by Gasteiger charge is -2.31. The number of piperidine rings is 1. The maximum Gasteiger partial charge on any atom is 0.246 e. The van der Waals surface area contributed by atoms with E-state index in [0.29, 0.717) is 12.8 Å². The Morgan fingerprint density at radius 3 is 2.47 bits per heavy atom. The number of halogens is 1. The number of ether oxygens (including phenoxy) is 1. The Hall–Kier alpha value is -2.45. The van der Waals surface area contributed by atoms with Crippen LogP contribution in [-0.2, 0) is 14.8 Å². The lowest BCUT2D eigenvalue weighted by Crippen LogP contribution is -2.43. The average molecular weight is 435 g/mol. The summed E-state index contributed by atoms with van der Waals surface area (Å²) in [6.07, 6.45) is 1.13. The van der Waals surface area contributed by atoms with Gasteiger partial charge in [0.25, 0.3) is 0 Å². The highest BCUT2D eigenvalue weighted by molar-refractivity contribution is 7.89. The summed E-state index contributed by atoms with van der Waals surface area (Å²) < 4.78 is 46.4. The van der Waals surface area contributed by atoms with Gasteiger partial charge < -0.3 is 10.1 Å². The molecule has 1 atom stereocenters. The fourth-order valence-electron chi connectivity index (χ4n) is 3.97. The second-order valence-electron chi connectivity index (χ2n) is 7.76. The number of nitrogens with zero attached hydrogens (tertiary/aromatic N) is 1. The van der Waals surface area contributed by atoms with Crippen molar-refractivity contribution in [3.05, 3.63) is 52.8 Å². The molecule has 1 aliphatic rings. The number of rotatable bonds is 5. The minimum absolute atomic E-state index is 0.0395. The largest absolute Gasteiger partial charge is 0.495 e. The molecule has 3 rings (SSSR count). The first-order valence-electron chi connectivity index (χ1n) is 9.86. The molecule has 162 valence electrons. The van der Waals surface area contributed by atoms with Crippen LogP contribution >= 0.6 is 0 Å². The second-order valence-corrected chi connectivity index (χ2v) is 9.67. The Morgan fingerprint density at radius 1 is 1.17 bits per heavy atom. The Balaban J connectivity index is 1.82. The van der Waals surface area contributed by atoms with Crippen molar-refractivity contribution in [2.24, 2.45) is 5.92 Å². The molecule has 0 aromatic heterocycles. The van der Waals surface area contributed by atoms with Crippen molar-refractivity contribution >= 4 is 21.6 Å². The molecule has 6 nitrogen and oxygen atoms in total. The van der Waals surface area contributed by atoms with Crippen LogP contribution in [0, 0.1) is 32.5 Å². The summed E-state index contributed by atoms with van der Waals surface area (Å²) in [5.74, 6) is -1.29. The van der Waals surface area contributed by atoms with E-state index in [0.717, 1.165) is 34.5 Å². The number of benzene rings is 2. The number of aryl methyl sites for hydroxylation is 3. The summed E-state index contributed by atoms with van der Waals surface area (Å²) in [6, 6.07) is 7.39. The van der Waals surface area contributed by atoms with Gasteiger partial charge in [-0.25, -0.2) is 12.8 Å². The van der Waals surface area contributed by atoms with Crippen LogP contribution in [0.15, 0.2) is 35.2 Å². The number of carbonyl (C=O) groups excluding carboxylic acids is 1. The smallest absolute Gasteiger partial charge is 0.246 e. The number of hydrogen-bond donors (Lipinski definition) is 1. The van der Waals surface area contributed by atoms with E-state index in [-0.39, 0.29) is 29.6 Å². The number of carbonyl (C=O) groups is 1. The fourth-order valence-corrected chi connectivity index (χ4v) is 5.66. The molecule has 0 saturated carbocycles. The van der Waals surface area contributed by atoms with Crippen LogP contribution in [0.2, 0.25) is 0 Å². The third-order valence-corrected chi connectivity index (χ3v) is 7.31. The van der Waals surface area contributed by atoms with Gasteiger partial charge in [-0.2, -0.15) is 4.31 Å². The van der Waals surface area contributed by atoms with E-state index in [9.17, 15) is 17.6 Å². The van der Waals surface area contributed by atoms with Crippen LogP contribution in [-0.4, -0.2) is 38.8 Å². The number of hydrogen-bond acceptors (Lipinski definition) is 4. The van der Waals surface area contributed by atoms with Crippen molar-refractivity contribution in [1.82, 2.24) is 4.31 Å². The predicted octanol–water partition coefficient (Wildman–Crippen LogP) is 3.80. The van der Waals surface area contributed by atoms with Gasteiger partial charge in [-0.15, -0.1) is 0 Å². The van der Waals surface area contributed by atoms with Gasteiger partial charge in [0, 0.05) is 18.8 Å². The van der Waals surface area contributed by atoms with E-state index in [1.54, 1.807) is 0 Å². The summed E-state index contributed by atoms with van der Waals surface area (Å²) in [4.78, 5) is 12.7. The van der Waals surface area contributed by atoms with E-state index in [1.165, 1.54) is 17.5 Å². The van der Waals surface area contributed by atoms with Crippen LogP contribution in [0.4, 0.5) is 10.1 Å². The van der Waals surface area contributed by atoms with Crippen LogP contribution in [0.3, 0.4) is 0 Å². The van der Waals surface area contributed by atoms with E-state index in [2.05, 4.69) is 5.32 Å². The Bertz CT molecular complexity index is 1050. The molecule has 1 amide bonds. The fraction of sp³-hybridized carbons (Fsp3) is 0.409. The molecule has 2 aromatic rings. The first-order chi connectivity index (χ1) is 14.1. The molecule has 30 heavy (non-hydrogen) atoms. The summed E-state index contributed by atoms with van der Waals surface area (Å²) >= 11 is 0. The molecule has 1 unspecified atom stereocenters. The van der Waals surface area contributed by atoms with Gasteiger partial charge in [0.1, 0.15) is 16.5 Å². The van der Waals surface area contributed by atoms with Crippen LogP contribution in [0.1, 0.15) is 29.5 Å². The molecule has 1 aliphatic heterocycles. The first kappa shape index (κ1) is 22.2. The zero-order valence-electron chi connectivity index (χ0n) is 17.7. The summed E-state index contributed by atoms with van der Waals surface area (Å²) in [6.45, 7) is 6.18. The second kappa shape index (κ2) is 8.73. The quantitative estimate of drug-likeness (QED) is 0.777. The van der Waals surface area contributed by atoms with E-state index >= 15 is 0 Å². The molecule has 0 aliphatic carbocycles. The van der Waals surface area contributed by atoms with Crippen molar-refractivity contribution in [3.63, 3.8) is 0 Å². The van der Waals surface area contributed by atoms with Crippen LogP contribution in [0.5, 0.6) is 5.75 Å². The molecule has 0 bridgehead atoms. The Morgan fingerprint density at radius 2 is 1.83 bits per heavy atom. The van der Waals surface area contributed by atoms with Crippen LogP contribution < -0.4 is 10.1 Å². The van der Waals surface area contributed by atoms with Gasteiger partial charge in [0.05, 0.1) is 13.0 Å². The normalized spacial score (nSPS) is 17.6. The number of sulfonamides is 1. The SMILES string of the molecule is COc1ccc(F)cc1S(=O)(=O)N1CCCC(C(=O)Nc2c(C)cc(C)cc2C)C1. The molecule has 8 heteroatoms. The third kappa shape index (κ3) is 4.49. The third-order valence-electron chi connectivity index (χ3n) is 5.42. The molecule has 0 radical (unpaired) electrons. The van der Waals surface area contributed by atoms with E-state index in [1.807, 2.05) is 32.9 Å². The number of amides is 1. The number of nitrogens with one attached hydrogen (secondary N) is 1. The van der Waals surface area contributed by atoms with Gasteiger partial charge in [-0.3, -0.25) is 4.79 Å². The molecule has 1 N–H and O–H groups in total. The highest BCUT2D eigenvalue weighted by atomic mass is 32.2. The molecule has 1 heterocycles. The predicted molar refractivity (Wildman–Crippen MR) is 114 cm³/mol. The molecule has 2 aromatic carbocycles. The molecule has 1 saturated heterocycles. The monoisotopic (exact) mass is 434 g/mol. The first-order valence-corrected chi connectivity index (χ1v) is 11.3. The topological polar surface area (TPSA) is 75.7 Å². The van der Waals surface area contributed by atoms with Crippen molar-refractivity contribution in [2.75, 3.05) is 25.5 Å². The summed E-state index contributed by atoms with van der Waals surface area (Å²) in [5, 5.41) is 2.97. The van der Waals surface area contributed by atoms with Gasteiger partial charge in [0.2, 0.25) is 15.9 Å². The lowest BCUT2D eigenvalue weighted by atomic mass is 9.98. The van der Waals surface area contributed by atoms with Crippen molar-refractivity contribution < 1.29 is 22.3 Å². The highest BCUT2D eigenvalue weighted by Crippen LogP contribution is 2.31. The van der Waals surface area contributed by atoms with Crippen molar-refractivity contribution in [2.45, 2.75) is 38.5 Å². The summed E-state index contributed by atoms with van der Waals surface area (Å²) in [5.41, 5.74) is 3.80. The molecular formula is C22H27FN2O4S. The maximum absolute atomic E-state index is 13.7. The van der Waals surface area contributed by atoms with E-state index in [4.69, 9.17) is 4.74 Å². The molecule has 1 fully saturated rings. The van der Waals surface area contributed by atoms with Gasteiger partial charge in [-0.05, 0) is 62.9 Å². The van der Waals surface area contributed by atoms with Gasteiger partial charge in [-0.1, -0.05) is 17.7 Å². The Kier molecular flexibility index (Phi) is 6.47. The average Bonchev–Trinajstić information content (AvgIpc) is 2.70.